The summed E-state index contributed by atoms with van der Waals surface area (Å²) in [7, 11) is 0. The van der Waals surface area contributed by atoms with Gasteiger partial charge < -0.3 is 9.84 Å². The van der Waals surface area contributed by atoms with E-state index in [1.165, 1.54) is 17.3 Å². The third kappa shape index (κ3) is 4.86. The fraction of sp³-hybridized carbons (Fsp3) is 0.333. The van der Waals surface area contributed by atoms with Crippen LogP contribution in [0.4, 0.5) is 0 Å². The van der Waals surface area contributed by atoms with E-state index in [9.17, 15) is 5.11 Å². The van der Waals surface area contributed by atoms with Crippen molar-refractivity contribution < 1.29 is 9.84 Å². The van der Waals surface area contributed by atoms with E-state index in [-0.39, 0.29) is 0 Å². The fourth-order valence-electron chi connectivity index (χ4n) is 3.04. The standard InChI is InChI=1S/C21H22Cl3N3O2/c1-20(2,3)21(28,11-14-4-6-15(22)7-5-14)19(27-13-25-12-26-27)29-18-9-8-16(23)10-17(18)24/h4-10,12-13,19,28H,11H2,1-3H3. The number of benzene rings is 2. The third-order valence-electron chi connectivity index (χ3n) is 4.90. The summed E-state index contributed by atoms with van der Waals surface area (Å²) < 4.78 is 7.72. The molecule has 0 bridgehead atoms. The first-order chi connectivity index (χ1) is 13.6. The molecule has 2 unspecified atom stereocenters. The zero-order chi connectivity index (χ0) is 21.2. The van der Waals surface area contributed by atoms with Gasteiger partial charge in [0, 0.05) is 16.5 Å². The van der Waals surface area contributed by atoms with Crippen LogP contribution in [0.15, 0.2) is 55.1 Å². The summed E-state index contributed by atoms with van der Waals surface area (Å²) in [4.78, 5) is 4.02. The molecule has 0 spiro atoms. The molecule has 1 N–H and O–H groups in total. The Morgan fingerprint density at radius 3 is 2.24 bits per heavy atom. The van der Waals surface area contributed by atoms with Gasteiger partial charge in [-0.25, -0.2) is 9.67 Å². The molecule has 0 saturated carbocycles. The van der Waals surface area contributed by atoms with Crippen molar-refractivity contribution in [2.75, 3.05) is 0 Å². The molecule has 1 aromatic heterocycles. The molecule has 154 valence electrons. The van der Waals surface area contributed by atoms with Gasteiger partial charge in [-0.2, -0.15) is 5.10 Å². The first-order valence-electron chi connectivity index (χ1n) is 9.03. The molecule has 0 aliphatic heterocycles. The van der Waals surface area contributed by atoms with Gasteiger partial charge in [0.05, 0.1) is 5.02 Å². The average molecular weight is 455 g/mol. The number of hydrogen-bond acceptors (Lipinski definition) is 4. The van der Waals surface area contributed by atoms with Crippen LogP contribution in [-0.2, 0) is 6.42 Å². The van der Waals surface area contributed by atoms with Crippen LogP contribution in [0.5, 0.6) is 5.75 Å². The summed E-state index contributed by atoms with van der Waals surface area (Å²) in [5.74, 6) is 0.385. The zero-order valence-electron chi connectivity index (χ0n) is 16.3. The molecule has 29 heavy (non-hydrogen) atoms. The maximum absolute atomic E-state index is 12.0. The lowest BCUT2D eigenvalue weighted by atomic mass is 9.71. The van der Waals surface area contributed by atoms with E-state index < -0.39 is 17.2 Å². The monoisotopic (exact) mass is 453 g/mol. The SMILES string of the molecule is CC(C)(C)C(O)(Cc1ccc(Cl)cc1)C(Oc1ccc(Cl)cc1Cl)n1cncn1. The second-order valence-corrected chi connectivity index (χ2v) is 9.18. The van der Waals surface area contributed by atoms with Crippen LogP contribution >= 0.6 is 34.8 Å². The fourth-order valence-corrected chi connectivity index (χ4v) is 3.62. The lowest BCUT2D eigenvalue weighted by molar-refractivity contribution is -0.165. The highest BCUT2D eigenvalue weighted by Crippen LogP contribution is 2.43. The first kappa shape index (κ1) is 21.9. The van der Waals surface area contributed by atoms with Crippen molar-refractivity contribution in [2.45, 2.75) is 39.0 Å². The predicted molar refractivity (Wildman–Crippen MR) is 116 cm³/mol. The number of hydrogen-bond donors (Lipinski definition) is 1. The number of halogens is 3. The Labute approximate surface area is 185 Å². The van der Waals surface area contributed by atoms with Crippen LogP contribution in [0.2, 0.25) is 15.1 Å². The Kier molecular flexibility index (Phi) is 6.44. The summed E-state index contributed by atoms with van der Waals surface area (Å²) in [6.07, 6.45) is 2.29. The molecule has 2 atom stereocenters. The van der Waals surface area contributed by atoms with Crippen LogP contribution in [-0.4, -0.2) is 25.5 Å². The number of nitrogens with zero attached hydrogens (tertiary/aromatic N) is 3. The maximum atomic E-state index is 12.0. The number of aliphatic hydroxyl groups is 1. The zero-order valence-corrected chi connectivity index (χ0v) is 18.6. The second-order valence-electron chi connectivity index (χ2n) is 7.90. The van der Waals surface area contributed by atoms with Crippen LogP contribution < -0.4 is 4.74 Å². The van der Waals surface area contributed by atoms with Crippen LogP contribution in [0, 0.1) is 5.41 Å². The highest BCUT2D eigenvalue weighted by Gasteiger charge is 2.50. The Morgan fingerprint density at radius 1 is 1.03 bits per heavy atom. The summed E-state index contributed by atoms with van der Waals surface area (Å²) in [5, 5.41) is 17.7. The molecule has 5 nitrogen and oxygen atoms in total. The Morgan fingerprint density at radius 2 is 1.69 bits per heavy atom. The molecule has 0 radical (unpaired) electrons. The molecule has 3 aromatic rings. The second kappa shape index (κ2) is 8.52. The molecule has 0 fully saturated rings. The van der Waals surface area contributed by atoms with Crippen molar-refractivity contribution in [3.05, 3.63) is 75.8 Å². The molecule has 3 rings (SSSR count). The van der Waals surface area contributed by atoms with Crippen LogP contribution in [0.1, 0.15) is 32.6 Å². The van der Waals surface area contributed by atoms with Crippen molar-refractivity contribution in [1.82, 2.24) is 14.8 Å². The minimum Gasteiger partial charge on any atom is -0.464 e. The van der Waals surface area contributed by atoms with E-state index in [0.29, 0.717) is 27.2 Å². The molecular formula is C21H22Cl3N3O2. The molecular weight excluding hydrogens is 433 g/mol. The minimum atomic E-state index is -1.38. The van der Waals surface area contributed by atoms with E-state index in [1.807, 2.05) is 32.9 Å². The predicted octanol–water partition coefficient (Wildman–Crippen LogP) is 5.84. The maximum Gasteiger partial charge on any atom is 0.222 e. The van der Waals surface area contributed by atoms with Gasteiger partial charge in [-0.3, -0.25) is 0 Å². The molecule has 0 aliphatic carbocycles. The van der Waals surface area contributed by atoms with Gasteiger partial charge in [-0.15, -0.1) is 0 Å². The van der Waals surface area contributed by atoms with E-state index >= 15 is 0 Å². The molecule has 0 saturated heterocycles. The van der Waals surface area contributed by atoms with Crippen molar-refractivity contribution in [3.63, 3.8) is 0 Å². The Balaban J connectivity index is 2.07. The smallest absolute Gasteiger partial charge is 0.222 e. The first-order valence-corrected chi connectivity index (χ1v) is 10.2. The quantitative estimate of drug-likeness (QED) is 0.508. The third-order valence-corrected chi connectivity index (χ3v) is 5.69. The van der Waals surface area contributed by atoms with Crippen molar-refractivity contribution >= 4 is 34.8 Å². The molecule has 8 heteroatoms. The number of aromatic nitrogens is 3. The average Bonchev–Trinajstić information content (AvgIpc) is 3.16. The largest absolute Gasteiger partial charge is 0.464 e. The van der Waals surface area contributed by atoms with Gasteiger partial charge in [0.25, 0.3) is 0 Å². The normalized spacial score (nSPS) is 15.0. The summed E-state index contributed by atoms with van der Waals surface area (Å²) in [6, 6.07) is 12.3. The molecule has 1 heterocycles. The number of ether oxygens (including phenoxy) is 1. The van der Waals surface area contributed by atoms with Gasteiger partial charge in [0.2, 0.25) is 6.23 Å². The Bertz CT molecular complexity index is 956. The summed E-state index contributed by atoms with van der Waals surface area (Å²) in [5.41, 5.74) is -1.07. The Hall–Kier alpha value is -1.79. The summed E-state index contributed by atoms with van der Waals surface area (Å²) in [6.45, 7) is 5.83. The van der Waals surface area contributed by atoms with Crippen LogP contribution in [0.3, 0.4) is 0 Å². The van der Waals surface area contributed by atoms with Crippen LogP contribution in [0.25, 0.3) is 0 Å². The van der Waals surface area contributed by atoms with Gasteiger partial charge in [0.15, 0.2) is 0 Å². The molecule has 2 aromatic carbocycles. The lowest BCUT2D eigenvalue weighted by Gasteiger charge is -2.45. The van der Waals surface area contributed by atoms with Crippen molar-refractivity contribution in [3.8, 4) is 5.75 Å². The van der Waals surface area contributed by atoms with Gasteiger partial charge in [-0.1, -0.05) is 67.7 Å². The molecule has 0 aliphatic rings. The lowest BCUT2D eigenvalue weighted by Crippen LogP contribution is -2.54. The highest BCUT2D eigenvalue weighted by molar-refractivity contribution is 6.35. The highest BCUT2D eigenvalue weighted by atomic mass is 35.5. The topological polar surface area (TPSA) is 60.2 Å². The van der Waals surface area contributed by atoms with Gasteiger partial charge in [-0.05, 0) is 41.3 Å². The van der Waals surface area contributed by atoms with Gasteiger partial charge in [0.1, 0.15) is 24.0 Å². The summed E-state index contributed by atoms with van der Waals surface area (Å²) >= 11 is 18.4. The van der Waals surface area contributed by atoms with E-state index in [1.54, 1.807) is 30.3 Å². The van der Waals surface area contributed by atoms with Gasteiger partial charge >= 0.3 is 0 Å². The minimum absolute atomic E-state index is 0.295. The molecule has 0 amide bonds. The van der Waals surface area contributed by atoms with E-state index in [0.717, 1.165) is 5.56 Å². The van der Waals surface area contributed by atoms with E-state index in [2.05, 4.69) is 10.1 Å². The number of rotatable bonds is 6. The van der Waals surface area contributed by atoms with Crippen molar-refractivity contribution in [2.24, 2.45) is 5.41 Å². The van der Waals surface area contributed by atoms with E-state index in [4.69, 9.17) is 39.5 Å². The van der Waals surface area contributed by atoms with Crippen molar-refractivity contribution in [1.29, 1.82) is 0 Å².